The number of nitrogens with zero attached hydrogens (tertiary/aromatic N) is 3. The lowest BCUT2D eigenvalue weighted by Crippen LogP contribution is -2.50. The van der Waals surface area contributed by atoms with Crippen LogP contribution >= 0.6 is 24.0 Å². The Morgan fingerprint density at radius 3 is 2.55 bits per heavy atom. The Bertz CT molecular complexity index is 716. The van der Waals surface area contributed by atoms with Gasteiger partial charge in [-0.15, -0.1) is 24.0 Å². The number of ether oxygens (including phenoxy) is 1. The van der Waals surface area contributed by atoms with Crippen molar-refractivity contribution in [3.8, 4) is 5.75 Å². The highest BCUT2D eigenvalue weighted by Gasteiger charge is 2.23. The number of halogens is 1. The van der Waals surface area contributed by atoms with Gasteiger partial charge in [0.15, 0.2) is 5.96 Å². The van der Waals surface area contributed by atoms with Gasteiger partial charge in [-0.05, 0) is 44.6 Å². The van der Waals surface area contributed by atoms with Crippen molar-refractivity contribution in [1.82, 2.24) is 20.4 Å². The molecule has 1 amide bonds. The molecular weight excluding hydrogens is 505 g/mol. The third kappa shape index (κ3) is 8.84. The van der Waals surface area contributed by atoms with Crippen LogP contribution in [0.3, 0.4) is 0 Å². The molecule has 0 bridgehead atoms. The fourth-order valence-electron chi connectivity index (χ4n) is 3.51. The first-order valence-corrected chi connectivity index (χ1v) is 11.2. The largest absolute Gasteiger partial charge is 0.493 e. The molecule has 8 heteroatoms. The minimum Gasteiger partial charge on any atom is -0.493 e. The highest BCUT2D eigenvalue weighted by Crippen LogP contribution is 2.30. The minimum atomic E-state index is 0. The second-order valence-corrected chi connectivity index (χ2v) is 8.54. The summed E-state index contributed by atoms with van der Waals surface area (Å²) in [5.41, 5.74) is 1.12. The van der Waals surface area contributed by atoms with Gasteiger partial charge >= 0.3 is 0 Å². The van der Waals surface area contributed by atoms with E-state index in [1.807, 2.05) is 32.3 Å². The van der Waals surface area contributed by atoms with E-state index in [0.29, 0.717) is 19.1 Å². The molecule has 0 unspecified atom stereocenters. The van der Waals surface area contributed by atoms with Crippen molar-refractivity contribution in [2.24, 2.45) is 10.9 Å². The highest BCUT2D eigenvalue weighted by molar-refractivity contribution is 14.0. The summed E-state index contributed by atoms with van der Waals surface area (Å²) in [5, 5.41) is 6.94. The molecule has 0 atom stereocenters. The fraction of sp³-hybridized carbons (Fsp3) is 0.652. The molecule has 2 aliphatic rings. The fourth-order valence-corrected chi connectivity index (χ4v) is 3.51. The van der Waals surface area contributed by atoms with Crippen molar-refractivity contribution < 1.29 is 9.53 Å². The van der Waals surface area contributed by atoms with Gasteiger partial charge in [-0.1, -0.05) is 18.2 Å². The molecule has 1 aromatic carbocycles. The van der Waals surface area contributed by atoms with Crippen molar-refractivity contribution in [3.05, 3.63) is 29.8 Å². The molecular formula is C23H38IN5O2. The number of carbonyl (C=O) groups excluding carboxylic acids is 1. The number of piperidine rings is 1. The van der Waals surface area contributed by atoms with Crippen molar-refractivity contribution in [2.75, 3.05) is 46.9 Å². The lowest BCUT2D eigenvalue weighted by Gasteiger charge is -2.33. The second kappa shape index (κ2) is 13.1. The van der Waals surface area contributed by atoms with Gasteiger partial charge in [0.25, 0.3) is 0 Å². The molecule has 174 valence electrons. The van der Waals surface area contributed by atoms with Crippen molar-refractivity contribution in [3.63, 3.8) is 0 Å². The number of hydrogen-bond acceptors (Lipinski definition) is 4. The average Bonchev–Trinajstić information content (AvgIpc) is 3.57. The first-order valence-electron chi connectivity index (χ1n) is 11.2. The summed E-state index contributed by atoms with van der Waals surface area (Å²) in [6.45, 7) is 6.66. The predicted octanol–water partition coefficient (Wildman–Crippen LogP) is 2.70. The number of aliphatic imine (C=N–C) groups is 1. The molecule has 2 N–H and O–H groups in total. The lowest BCUT2D eigenvalue weighted by molar-refractivity contribution is -0.130. The van der Waals surface area contributed by atoms with E-state index in [0.717, 1.165) is 62.3 Å². The molecule has 1 aliphatic heterocycles. The van der Waals surface area contributed by atoms with E-state index in [9.17, 15) is 4.79 Å². The predicted molar refractivity (Wildman–Crippen MR) is 136 cm³/mol. The number of likely N-dealkylation sites (N-methyl/N-ethyl adjacent to an activating group) is 1. The number of para-hydroxylation sites is 1. The Kier molecular flexibility index (Phi) is 10.9. The normalized spacial score (nSPS) is 17.6. The highest BCUT2D eigenvalue weighted by atomic mass is 127. The third-order valence-corrected chi connectivity index (χ3v) is 5.68. The molecule has 0 spiro atoms. The summed E-state index contributed by atoms with van der Waals surface area (Å²) in [5.74, 6) is 2.69. The summed E-state index contributed by atoms with van der Waals surface area (Å²) in [4.78, 5) is 20.6. The van der Waals surface area contributed by atoms with Crippen LogP contribution in [-0.4, -0.2) is 74.6 Å². The zero-order valence-electron chi connectivity index (χ0n) is 19.1. The molecule has 1 saturated carbocycles. The van der Waals surface area contributed by atoms with Crippen LogP contribution in [0.15, 0.2) is 29.3 Å². The molecule has 1 heterocycles. The zero-order valence-corrected chi connectivity index (χ0v) is 21.4. The van der Waals surface area contributed by atoms with Gasteiger partial charge in [0.2, 0.25) is 5.91 Å². The Morgan fingerprint density at radius 2 is 1.90 bits per heavy atom. The van der Waals surface area contributed by atoms with Crippen LogP contribution in [0, 0.1) is 5.92 Å². The zero-order chi connectivity index (χ0) is 21.3. The minimum absolute atomic E-state index is 0. The number of guanidine groups is 1. The van der Waals surface area contributed by atoms with Gasteiger partial charge in [0.1, 0.15) is 5.75 Å². The molecule has 1 aliphatic carbocycles. The van der Waals surface area contributed by atoms with Gasteiger partial charge in [0.05, 0.1) is 19.7 Å². The maximum atomic E-state index is 11.9. The number of hydrogen-bond donors (Lipinski definition) is 2. The van der Waals surface area contributed by atoms with Crippen LogP contribution in [0.25, 0.3) is 0 Å². The Labute approximate surface area is 204 Å². The van der Waals surface area contributed by atoms with Gasteiger partial charge in [0, 0.05) is 45.3 Å². The first kappa shape index (κ1) is 25.7. The third-order valence-electron chi connectivity index (χ3n) is 5.68. The van der Waals surface area contributed by atoms with Gasteiger partial charge in [-0.3, -0.25) is 9.69 Å². The van der Waals surface area contributed by atoms with Crippen LogP contribution in [0.1, 0.15) is 38.2 Å². The maximum absolute atomic E-state index is 11.9. The Morgan fingerprint density at radius 1 is 1.19 bits per heavy atom. The number of likely N-dealkylation sites (tertiary alicyclic amines) is 1. The molecule has 0 radical (unpaired) electrons. The number of carbonyl (C=O) groups is 1. The molecule has 0 aromatic heterocycles. The maximum Gasteiger partial charge on any atom is 0.236 e. The topological polar surface area (TPSA) is 69.2 Å². The Balaban J connectivity index is 0.00000341. The van der Waals surface area contributed by atoms with Crippen LogP contribution < -0.4 is 15.4 Å². The van der Waals surface area contributed by atoms with Gasteiger partial charge in [-0.25, -0.2) is 4.99 Å². The van der Waals surface area contributed by atoms with Crippen molar-refractivity contribution >= 4 is 35.8 Å². The Hall–Kier alpha value is -1.55. The quantitative estimate of drug-likeness (QED) is 0.285. The van der Waals surface area contributed by atoms with Crippen LogP contribution in [0.4, 0.5) is 0 Å². The van der Waals surface area contributed by atoms with Crippen molar-refractivity contribution in [1.29, 1.82) is 0 Å². The average molecular weight is 543 g/mol. The van der Waals surface area contributed by atoms with E-state index in [4.69, 9.17) is 9.73 Å². The van der Waals surface area contributed by atoms with Crippen molar-refractivity contribution in [2.45, 2.75) is 45.2 Å². The van der Waals surface area contributed by atoms with E-state index in [-0.39, 0.29) is 29.9 Å². The summed E-state index contributed by atoms with van der Waals surface area (Å²) < 4.78 is 6.02. The van der Waals surface area contributed by atoms with Gasteiger partial charge < -0.3 is 20.3 Å². The summed E-state index contributed by atoms with van der Waals surface area (Å²) in [6, 6.07) is 8.57. The van der Waals surface area contributed by atoms with Crippen LogP contribution in [0.2, 0.25) is 0 Å². The van der Waals surface area contributed by atoms with E-state index in [2.05, 4.69) is 28.5 Å². The molecule has 3 rings (SSSR count). The molecule has 2 fully saturated rings. The van der Waals surface area contributed by atoms with Gasteiger partial charge in [-0.2, -0.15) is 0 Å². The first-order chi connectivity index (χ1) is 14.5. The van der Waals surface area contributed by atoms with Crippen LogP contribution in [0.5, 0.6) is 5.75 Å². The van der Waals surface area contributed by atoms with E-state index in [1.165, 1.54) is 12.8 Å². The molecule has 1 saturated heterocycles. The lowest BCUT2D eigenvalue weighted by atomic mass is 10.1. The second-order valence-electron chi connectivity index (χ2n) is 8.54. The molecule has 31 heavy (non-hydrogen) atoms. The number of benzene rings is 1. The summed E-state index contributed by atoms with van der Waals surface area (Å²) >= 11 is 0. The van der Waals surface area contributed by atoms with Crippen LogP contribution in [-0.2, 0) is 11.3 Å². The summed E-state index contributed by atoms with van der Waals surface area (Å²) in [7, 11) is 3.62. The standard InChI is InChI=1S/C23H37N5O2.HI/c1-4-24-23(26-20-11-13-28(14-12-20)16-22(29)27(2)3)25-15-19-7-5-6-8-21(19)30-17-18-9-10-18;/h5-8,18,20H,4,9-17H2,1-3H3,(H2,24,25,26);1H. The smallest absolute Gasteiger partial charge is 0.236 e. The number of amides is 1. The number of rotatable bonds is 9. The monoisotopic (exact) mass is 543 g/mol. The molecule has 7 nitrogen and oxygen atoms in total. The summed E-state index contributed by atoms with van der Waals surface area (Å²) in [6.07, 6.45) is 4.59. The van der Waals surface area contributed by atoms with E-state index in [1.54, 1.807) is 4.90 Å². The van der Waals surface area contributed by atoms with E-state index >= 15 is 0 Å². The van der Waals surface area contributed by atoms with E-state index < -0.39 is 0 Å². The SMILES string of the molecule is CCNC(=NCc1ccccc1OCC1CC1)NC1CCN(CC(=O)N(C)C)CC1.I. The number of nitrogens with one attached hydrogen (secondary N) is 2. The molecule has 1 aromatic rings.